The Morgan fingerprint density at radius 3 is 2.15 bits per heavy atom. The highest BCUT2D eigenvalue weighted by molar-refractivity contribution is 6.23. The molecule has 5 aliphatic heterocycles. The van der Waals surface area contributed by atoms with E-state index in [9.17, 15) is 28.8 Å². The molecule has 1 unspecified atom stereocenters. The van der Waals surface area contributed by atoms with E-state index in [-0.39, 0.29) is 31.0 Å². The van der Waals surface area contributed by atoms with E-state index in [4.69, 9.17) is 9.47 Å². The number of benzene rings is 2. The number of rotatable bonds is 10. The molecule has 324 valence electrons. The maximum absolute atomic E-state index is 13.4. The number of fused-ring (bicyclic) bond motifs is 2. The van der Waals surface area contributed by atoms with Gasteiger partial charge in [-0.25, -0.2) is 4.79 Å². The average Bonchev–Trinajstić information content (AvgIpc) is 3.52. The number of hydrogen-bond donors (Lipinski definition) is 2. The van der Waals surface area contributed by atoms with Crippen molar-refractivity contribution in [3.05, 3.63) is 74.2 Å². The van der Waals surface area contributed by atoms with E-state index in [1.807, 2.05) is 13.0 Å². The number of carbonyl (C=O) groups excluding carboxylic acids is 5. The van der Waals surface area contributed by atoms with Gasteiger partial charge in [-0.2, -0.15) is 0 Å². The normalized spacial score (nSPS) is 20.1. The van der Waals surface area contributed by atoms with Crippen molar-refractivity contribution in [2.24, 2.45) is 13.0 Å². The zero-order valence-electron chi connectivity index (χ0n) is 35.8. The van der Waals surface area contributed by atoms with Crippen LogP contribution < -0.4 is 30.6 Å². The molecule has 3 aromatic rings. The van der Waals surface area contributed by atoms with Gasteiger partial charge in [0.05, 0.1) is 37.5 Å². The third kappa shape index (κ3) is 7.98. The molecule has 0 bridgehead atoms. The van der Waals surface area contributed by atoms with E-state index in [1.165, 1.54) is 0 Å². The summed E-state index contributed by atoms with van der Waals surface area (Å²) in [5, 5.41) is 4.93. The number of urea groups is 1. The molecule has 6 heterocycles. The molecule has 8 rings (SSSR count). The summed E-state index contributed by atoms with van der Waals surface area (Å²) < 4.78 is 13.7. The van der Waals surface area contributed by atoms with Crippen molar-refractivity contribution in [2.45, 2.75) is 64.6 Å². The van der Waals surface area contributed by atoms with Gasteiger partial charge < -0.3 is 34.1 Å². The number of amides is 6. The Hall–Kier alpha value is -5.74. The fraction of sp³-hybridized carbons (Fsp3) is 0.511. The van der Waals surface area contributed by atoms with Crippen molar-refractivity contribution >= 4 is 35.3 Å². The minimum Gasteiger partial charge on any atom is -0.496 e. The average molecular weight is 837 g/mol. The highest BCUT2D eigenvalue weighted by atomic mass is 16.5. The summed E-state index contributed by atoms with van der Waals surface area (Å²) in [6.45, 7) is 9.95. The van der Waals surface area contributed by atoms with Gasteiger partial charge in [0.25, 0.3) is 17.4 Å². The second-order valence-electron chi connectivity index (χ2n) is 16.9. The molecule has 61 heavy (non-hydrogen) atoms. The zero-order valence-corrected chi connectivity index (χ0v) is 35.8. The lowest BCUT2D eigenvalue weighted by Gasteiger charge is -2.37. The molecule has 2 aromatic carbocycles. The van der Waals surface area contributed by atoms with Gasteiger partial charge in [0.1, 0.15) is 17.5 Å². The fourth-order valence-corrected chi connectivity index (χ4v) is 9.87. The predicted molar refractivity (Wildman–Crippen MR) is 228 cm³/mol. The standard InChI is InChI=1S/C45H56N8O8/c1-27-40(31-13-17-52(45(59)46-2)26-34(31)42(56)48(27)3)29-22-37(60-4)35(38(23-29)61-5)25-50-20-18-49(19-21-50)14-10-28-11-15-51(16-12-28)30-6-7-32-33(24-30)44(58)53(43(32)57)36-8-9-39(54)47-41(36)55/h6-7,22-24,28,36H,8-21,25-26H2,1-5H3,(H,46,59)(H,47,54,55). The van der Waals surface area contributed by atoms with Gasteiger partial charge >= 0.3 is 6.03 Å². The van der Waals surface area contributed by atoms with Crippen LogP contribution in [0.2, 0.25) is 0 Å². The first-order valence-electron chi connectivity index (χ1n) is 21.4. The lowest BCUT2D eigenvalue weighted by atomic mass is 9.89. The molecule has 16 nitrogen and oxygen atoms in total. The number of pyridine rings is 1. The van der Waals surface area contributed by atoms with Crippen molar-refractivity contribution in [1.29, 1.82) is 0 Å². The van der Waals surface area contributed by atoms with Crippen molar-refractivity contribution in [2.75, 3.05) is 78.5 Å². The molecule has 1 atom stereocenters. The molecule has 5 aliphatic rings. The van der Waals surface area contributed by atoms with Gasteiger partial charge in [-0.05, 0) is 92.9 Å². The third-order valence-electron chi connectivity index (χ3n) is 13.6. The van der Waals surface area contributed by atoms with Crippen molar-refractivity contribution in [3.8, 4) is 22.6 Å². The molecule has 6 amide bonds. The number of aromatic nitrogens is 1. The van der Waals surface area contributed by atoms with Crippen LogP contribution in [-0.4, -0.2) is 133 Å². The summed E-state index contributed by atoms with van der Waals surface area (Å²) in [6, 6.07) is 8.31. The monoisotopic (exact) mass is 836 g/mol. The minimum absolute atomic E-state index is 0.0836. The van der Waals surface area contributed by atoms with Crippen LogP contribution in [0.5, 0.6) is 11.5 Å². The van der Waals surface area contributed by atoms with Gasteiger partial charge in [0, 0.05) is 95.4 Å². The lowest BCUT2D eigenvalue weighted by Crippen LogP contribution is -2.54. The number of piperazine rings is 1. The molecule has 0 saturated carbocycles. The number of piperidine rings is 2. The SMILES string of the molecule is CNC(=O)N1CCc2c(-c3cc(OC)c(CN4CCN(CCC5CCN(c6ccc7c(c6)C(=O)N(C6CCC(=O)NC6=O)C7=O)CC5)CC4)c(OC)c3)c(C)n(C)c(=O)c2C1. The first-order valence-corrected chi connectivity index (χ1v) is 21.4. The molecular weight excluding hydrogens is 781 g/mol. The van der Waals surface area contributed by atoms with Crippen molar-refractivity contribution in [3.63, 3.8) is 0 Å². The first kappa shape index (κ1) is 42.0. The number of hydrogen-bond acceptors (Lipinski definition) is 11. The van der Waals surface area contributed by atoms with E-state index < -0.39 is 29.7 Å². The van der Waals surface area contributed by atoms with E-state index >= 15 is 0 Å². The topological polar surface area (TPSA) is 166 Å². The van der Waals surface area contributed by atoms with Gasteiger partial charge in [-0.1, -0.05) is 0 Å². The highest BCUT2D eigenvalue weighted by Crippen LogP contribution is 2.40. The zero-order chi connectivity index (χ0) is 43.1. The molecular formula is C45H56N8O8. The summed E-state index contributed by atoms with van der Waals surface area (Å²) >= 11 is 0. The Morgan fingerprint density at radius 2 is 1.49 bits per heavy atom. The predicted octanol–water partition coefficient (Wildman–Crippen LogP) is 2.90. The van der Waals surface area contributed by atoms with Crippen LogP contribution >= 0.6 is 0 Å². The number of methoxy groups -OCH3 is 2. The van der Waals surface area contributed by atoms with E-state index in [1.54, 1.807) is 49.9 Å². The molecule has 2 N–H and O–H groups in total. The van der Waals surface area contributed by atoms with Crippen LogP contribution in [0.1, 0.15) is 75.2 Å². The van der Waals surface area contributed by atoms with Crippen molar-refractivity contribution in [1.82, 2.24) is 34.8 Å². The third-order valence-corrected chi connectivity index (χ3v) is 13.6. The fourth-order valence-electron chi connectivity index (χ4n) is 9.87. The van der Waals surface area contributed by atoms with Crippen LogP contribution in [0, 0.1) is 12.8 Å². The molecule has 3 fully saturated rings. The number of imide groups is 2. The summed E-state index contributed by atoms with van der Waals surface area (Å²) in [5.41, 5.74) is 6.78. The van der Waals surface area contributed by atoms with E-state index in [2.05, 4.69) is 37.5 Å². The maximum Gasteiger partial charge on any atom is 0.317 e. The van der Waals surface area contributed by atoms with Crippen LogP contribution in [0.15, 0.2) is 35.1 Å². The minimum atomic E-state index is -0.972. The quantitative estimate of drug-likeness (QED) is 0.289. The number of nitrogens with zero attached hydrogens (tertiary/aromatic N) is 6. The van der Waals surface area contributed by atoms with Crippen LogP contribution in [0.4, 0.5) is 10.5 Å². The largest absolute Gasteiger partial charge is 0.496 e. The summed E-state index contributed by atoms with van der Waals surface area (Å²) in [5.74, 6) is 0.111. The van der Waals surface area contributed by atoms with Crippen LogP contribution in [0.25, 0.3) is 11.1 Å². The Labute approximate surface area is 355 Å². The molecule has 1 aromatic heterocycles. The van der Waals surface area contributed by atoms with E-state index in [0.717, 1.165) is 115 Å². The maximum atomic E-state index is 13.4. The van der Waals surface area contributed by atoms with Crippen LogP contribution in [-0.2, 0) is 36.1 Å². The van der Waals surface area contributed by atoms with Gasteiger partial charge in [-0.15, -0.1) is 0 Å². The van der Waals surface area contributed by atoms with Crippen LogP contribution in [0.3, 0.4) is 0 Å². The van der Waals surface area contributed by atoms with Gasteiger partial charge in [0.2, 0.25) is 11.8 Å². The molecule has 0 radical (unpaired) electrons. The smallest absolute Gasteiger partial charge is 0.317 e. The van der Waals surface area contributed by atoms with E-state index in [0.29, 0.717) is 42.1 Å². The van der Waals surface area contributed by atoms with Gasteiger partial charge in [0.15, 0.2) is 0 Å². The summed E-state index contributed by atoms with van der Waals surface area (Å²) in [7, 11) is 6.75. The summed E-state index contributed by atoms with van der Waals surface area (Å²) in [4.78, 5) is 86.5. The second-order valence-corrected chi connectivity index (χ2v) is 16.9. The number of nitrogens with one attached hydrogen (secondary N) is 2. The Kier molecular flexibility index (Phi) is 11.9. The summed E-state index contributed by atoms with van der Waals surface area (Å²) in [6.07, 6.45) is 4.00. The highest BCUT2D eigenvalue weighted by Gasteiger charge is 2.45. The molecule has 0 aliphatic carbocycles. The number of carbonyl (C=O) groups is 5. The molecule has 0 spiro atoms. The lowest BCUT2D eigenvalue weighted by molar-refractivity contribution is -0.136. The molecule has 16 heteroatoms. The number of ether oxygens (including phenoxy) is 2. The Bertz CT molecular complexity index is 2300. The first-order chi connectivity index (χ1) is 29.4. The number of anilines is 1. The Morgan fingerprint density at radius 1 is 0.820 bits per heavy atom. The van der Waals surface area contributed by atoms with Crippen molar-refractivity contribution < 1.29 is 33.4 Å². The Balaban J connectivity index is 0.849. The molecule has 3 saturated heterocycles. The second kappa shape index (κ2) is 17.3. The van der Waals surface area contributed by atoms with Gasteiger partial charge in [-0.3, -0.25) is 39.1 Å².